The number of hydrogen-bond donors (Lipinski definition) is 2. The van der Waals surface area contributed by atoms with Crippen molar-refractivity contribution in [1.82, 2.24) is 0 Å². The largest absolute Gasteiger partial charge is 0.393 e. The molecule has 24 heavy (non-hydrogen) atoms. The van der Waals surface area contributed by atoms with Crippen LogP contribution >= 0.6 is 0 Å². The lowest BCUT2D eigenvalue weighted by molar-refractivity contribution is -0.163. The zero-order chi connectivity index (χ0) is 17.3. The highest BCUT2D eigenvalue weighted by Gasteiger charge is 2.63. The van der Waals surface area contributed by atoms with Crippen LogP contribution in [0.3, 0.4) is 0 Å². The first kappa shape index (κ1) is 17.0. The fourth-order valence-corrected chi connectivity index (χ4v) is 7.88. The van der Waals surface area contributed by atoms with E-state index in [0.717, 1.165) is 32.1 Å². The van der Waals surface area contributed by atoms with Crippen molar-refractivity contribution in [2.24, 2.45) is 40.4 Å². The fraction of sp³-hybridized carbons (Fsp3) is 0.952. The normalized spacial score (nSPS) is 55.5. The number of aliphatic hydroxyl groups excluding tert-OH is 2. The minimum Gasteiger partial charge on any atom is -0.393 e. The molecule has 136 valence electrons. The lowest BCUT2D eigenvalue weighted by Gasteiger charge is -2.60. The Hall–Kier alpha value is -0.410. The van der Waals surface area contributed by atoms with Gasteiger partial charge in [0.15, 0.2) is 0 Å². The van der Waals surface area contributed by atoms with Gasteiger partial charge >= 0.3 is 0 Å². The van der Waals surface area contributed by atoms with Crippen molar-refractivity contribution in [3.63, 3.8) is 0 Å². The summed E-state index contributed by atoms with van der Waals surface area (Å²) in [4.78, 5) is 13.3. The maximum Gasteiger partial charge on any atom is 0.137 e. The van der Waals surface area contributed by atoms with E-state index < -0.39 is 0 Å². The summed E-state index contributed by atoms with van der Waals surface area (Å²) in [6.07, 6.45) is 7.56. The zero-order valence-electron chi connectivity index (χ0n) is 15.5. The summed E-state index contributed by atoms with van der Waals surface area (Å²) in [5, 5.41) is 20.4. The van der Waals surface area contributed by atoms with E-state index in [0.29, 0.717) is 30.0 Å². The highest BCUT2D eigenvalue weighted by atomic mass is 16.3. The third-order valence-electron chi connectivity index (χ3n) is 8.98. The van der Waals surface area contributed by atoms with E-state index in [1.807, 2.05) is 6.92 Å². The third kappa shape index (κ3) is 2.19. The van der Waals surface area contributed by atoms with Gasteiger partial charge in [0.2, 0.25) is 0 Å². The molecule has 0 bridgehead atoms. The quantitative estimate of drug-likeness (QED) is 0.771. The zero-order valence-corrected chi connectivity index (χ0v) is 15.5. The predicted molar refractivity (Wildman–Crippen MR) is 93.3 cm³/mol. The summed E-state index contributed by atoms with van der Waals surface area (Å²) < 4.78 is 0. The molecule has 9 atom stereocenters. The van der Waals surface area contributed by atoms with E-state index in [4.69, 9.17) is 0 Å². The highest BCUT2D eigenvalue weighted by Crippen LogP contribution is 2.66. The summed E-state index contributed by atoms with van der Waals surface area (Å²) in [5.74, 6) is 2.58. The number of aliphatic hydroxyl groups is 2. The van der Waals surface area contributed by atoms with Crippen LogP contribution in [-0.4, -0.2) is 28.2 Å². The summed E-state index contributed by atoms with van der Waals surface area (Å²) in [7, 11) is 0. The molecule has 0 aromatic rings. The van der Waals surface area contributed by atoms with E-state index >= 15 is 0 Å². The predicted octanol–water partition coefficient (Wildman–Crippen LogP) is 3.57. The Morgan fingerprint density at radius 2 is 1.83 bits per heavy atom. The van der Waals surface area contributed by atoms with Crippen LogP contribution in [0.25, 0.3) is 0 Å². The molecule has 0 spiro atoms. The van der Waals surface area contributed by atoms with Crippen LogP contribution < -0.4 is 0 Å². The summed E-state index contributed by atoms with van der Waals surface area (Å²) in [5.41, 5.74) is 0.104. The molecule has 2 N–H and O–H groups in total. The Bertz CT molecular complexity index is 529. The molecule has 3 nitrogen and oxygen atoms in total. The molecule has 0 saturated heterocycles. The maximum absolute atomic E-state index is 13.3. The van der Waals surface area contributed by atoms with Gasteiger partial charge in [-0.25, -0.2) is 0 Å². The summed E-state index contributed by atoms with van der Waals surface area (Å²) in [6, 6.07) is 0. The van der Waals surface area contributed by atoms with Crippen molar-refractivity contribution >= 4 is 5.78 Å². The first-order chi connectivity index (χ1) is 11.3. The number of fused-ring (bicyclic) bond motifs is 5. The number of ketones is 1. The van der Waals surface area contributed by atoms with E-state index in [1.165, 1.54) is 12.8 Å². The second-order valence-corrected chi connectivity index (χ2v) is 10.0. The van der Waals surface area contributed by atoms with E-state index in [-0.39, 0.29) is 34.9 Å². The Labute approximate surface area is 146 Å². The fourth-order valence-electron chi connectivity index (χ4n) is 7.88. The molecule has 4 aliphatic rings. The van der Waals surface area contributed by atoms with Gasteiger partial charge in [-0.3, -0.25) is 4.79 Å². The maximum atomic E-state index is 13.3. The van der Waals surface area contributed by atoms with Gasteiger partial charge in [0.05, 0.1) is 12.2 Å². The van der Waals surface area contributed by atoms with Crippen LogP contribution in [0, 0.1) is 40.4 Å². The molecule has 4 saturated carbocycles. The topological polar surface area (TPSA) is 57.5 Å². The Balaban J connectivity index is 1.67. The van der Waals surface area contributed by atoms with Crippen molar-refractivity contribution in [3.8, 4) is 0 Å². The van der Waals surface area contributed by atoms with Crippen LogP contribution in [-0.2, 0) is 4.79 Å². The highest BCUT2D eigenvalue weighted by molar-refractivity contribution is 5.84. The molecule has 3 heteroatoms. The molecule has 0 aliphatic heterocycles. The molecular weight excluding hydrogens is 300 g/mol. The SMILES string of the molecule is CC(O)[C@H]1CC[C@H]2[C@@H]3CC[C@H]4C[C@@H](O)CC[C@]4(C)[C@H]3C(=O)C[C@]12C. The van der Waals surface area contributed by atoms with Crippen LogP contribution in [0.4, 0.5) is 0 Å². The Kier molecular flexibility index (Phi) is 3.93. The van der Waals surface area contributed by atoms with Crippen molar-refractivity contribution in [2.75, 3.05) is 0 Å². The molecule has 4 rings (SSSR count). The summed E-state index contributed by atoms with van der Waals surface area (Å²) in [6.45, 7) is 6.55. The van der Waals surface area contributed by atoms with Crippen molar-refractivity contribution in [3.05, 3.63) is 0 Å². The molecule has 0 aromatic carbocycles. The average Bonchev–Trinajstić information content (AvgIpc) is 2.84. The molecule has 0 amide bonds. The second kappa shape index (κ2) is 5.54. The minimum atomic E-state index is -0.305. The molecule has 0 heterocycles. The number of carbonyl (C=O) groups excluding carboxylic acids is 1. The number of carbonyl (C=O) groups is 1. The Morgan fingerprint density at radius 3 is 2.54 bits per heavy atom. The van der Waals surface area contributed by atoms with Gasteiger partial charge in [-0.05, 0) is 86.4 Å². The van der Waals surface area contributed by atoms with Crippen molar-refractivity contribution in [2.45, 2.75) is 84.3 Å². The van der Waals surface area contributed by atoms with Gasteiger partial charge in [0.1, 0.15) is 5.78 Å². The smallest absolute Gasteiger partial charge is 0.137 e. The van der Waals surface area contributed by atoms with Gasteiger partial charge in [-0.2, -0.15) is 0 Å². The molecular formula is C21H34O3. The first-order valence-electron chi connectivity index (χ1n) is 10.2. The molecule has 4 aliphatic carbocycles. The molecule has 4 fully saturated rings. The monoisotopic (exact) mass is 334 g/mol. The van der Waals surface area contributed by atoms with Gasteiger partial charge in [-0.15, -0.1) is 0 Å². The molecule has 1 unspecified atom stereocenters. The van der Waals surface area contributed by atoms with E-state index in [9.17, 15) is 15.0 Å². The summed E-state index contributed by atoms with van der Waals surface area (Å²) >= 11 is 0. The van der Waals surface area contributed by atoms with E-state index in [2.05, 4.69) is 13.8 Å². The van der Waals surface area contributed by atoms with Crippen molar-refractivity contribution < 1.29 is 15.0 Å². The third-order valence-corrected chi connectivity index (χ3v) is 8.98. The first-order valence-corrected chi connectivity index (χ1v) is 10.2. The average molecular weight is 335 g/mol. The van der Waals surface area contributed by atoms with Gasteiger partial charge in [-0.1, -0.05) is 13.8 Å². The minimum absolute atomic E-state index is 0.00376. The van der Waals surface area contributed by atoms with Crippen LogP contribution in [0.1, 0.15) is 72.1 Å². The Morgan fingerprint density at radius 1 is 1.08 bits per heavy atom. The van der Waals surface area contributed by atoms with Crippen LogP contribution in [0.5, 0.6) is 0 Å². The number of Topliss-reactive ketones (excluding diaryl/α,β-unsaturated/α-hetero) is 1. The number of hydrogen-bond acceptors (Lipinski definition) is 3. The van der Waals surface area contributed by atoms with Gasteiger partial charge < -0.3 is 10.2 Å². The van der Waals surface area contributed by atoms with Crippen molar-refractivity contribution in [1.29, 1.82) is 0 Å². The lowest BCUT2D eigenvalue weighted by Crippen LogP contribution is -2.58. The van der Waals surface area contributed by atoms with Crippen LogP contribution in [0.15, 0.2) is 0 Å². The standard InChI is InChI=1S/C21H34O3/c1-12(22)16-6-7-17-15-5-4-13-10-14(23)8-9-20(13,2)19(15)18(24)11-21(16,17)3/h12-17,19,22-23H,4-11H2,1-3H3/t12?,13-,14-,15-,16+,17-,19+,20-,21+/m0/s1. The van der Waals surface area contributed by atoms with E-state index in [1.54, 1.807) is 0 Å². The lowest BCUT2D eigenvalue weighted by atomic mass is 9.44. The number of rotatable bonds is 1. The van der Waals surface area contributed by atoms with Gasteiger partial charge in [0.25, 0.3) is 0 Å². The molecule has 0 radical (unpaired) electrons. The van der Waals surface area contributed by atoms with Gasteiger partial charge in [0, 0.05) is 12.3 Å². The molecule has 0 aromatic heterocycles. The second-order valence-electron chi connectivity index (χ2n) is 10.0. The van der Waals surface area contributed by atoms with Crippen LogP contribution in [0.2, 0.25) is 0 Å².